The fraction of sp³-hybridized carbons (Fsp3) is 0.179. The Hall–Kier alpha value is -4.08. The van der Waals surface area contributed by atoms with Crippen LogP contribution in [0.3, 0.4) is 0 Å². The number of hydrogen-bond acceptors (Lipinski definition) is 8. The Morgan fingerprint density at radius 1 is 0.974 bits per heavy atom. The molecule has 38 heavy (non-hydrogen) atoms. The normalized spacial score (nSPS) is 16.8. The number of benzene rings is 3. The predicted octanol–water partition coefficient (Wildman–Crippen LogP) is 5.91. The van der Waals surface area contributed by atoms with Gasteiger partial charge < -0.3 is 19.3 Å². The van der Waals surface area contributed by atoms with Gasteiger partial charge in [0.05, 0.1) is 53.7 Å². The highest BCUT2D eigenvalue weighted by Gasteiger charge is 2.48. The maximum atomic E-state index is 13.5. The van der Waals surface area contributed by atoms with E-state index in [-0.39, 0.29) is 21.9 Å². The number of halogens is 1. The number of methoxy groups -OCH3 is 3. The summed E-state index contributed by atoms with van der Waals surface area (Å²) in [6, 6.07) is 14.7. The van der Waals surface area contributed by atoms with Crippen LogP contribution >= 0.6 is 22.9 Å². The van der Waals surface area contributed by atoms with Crippen LogP contribution in [0.5, 0.6) is 17.2 Å². The highest BCUT2D eigenvalue weighted by atomic mass is 35.5. The van der Waals surface area contributed by atoms with E-state index in [1.165, 1.54) is 42.6 Å². The maximum absolute atomic E-state index is 13.5. The fourth-order valence-electron chi connectivity index (χ4n) is 4.44. The van der Waals surface area contributed by atoms with Gasteiger partial charge in [0, 0.05) is 6.07 Å². The van der Waals surface area contributed by atoms with Crippen molar-refractivity contribution in [3.8, 4) is 17.2 Å². The Labute approximate surface area is 227 Å². The van der Waals surface area contributed by atoms with E-state index in [1.54, 1.807) is 31.4 Å². The Balaban J connectivity index is 1.75. The standard InChI is InChI=1S/C28H23ClN2O6S/c1-14-5-10-19-22(11-14)38-28(30-19)31-24(15-6-8-16(35-2)9-7-15)23(26(33)27(31)34)25(32)17-12-18(29)21(37-4)13-20(17)36-3/h5-13,24,32H,1-4H3/b25-23+. The molecular weight excluding hydrogens is 528 g/mol. The van der Waals surface area contributed by atoms with E-state index in [9.17, 15) is 14.7 Å². The first kappa shape index (κ1) is 25.6. The fourth-order valence-corrected chi connectivity index (χ4v) is 5.78. The van der Waals surface area contributed by atoms with Crippen molar-refractivity contribution < 1.29 is 28.9 Å². The monoisotopic (exact) mass is 550 g/mol. The molecule has 0 bridgehead atoms. The van der Waals surface area contributed by atoms with Gasteiger partial charge in [0.25, 0.3) is 5.78 Å². The number of aromatic nitrogens is 1. The summed E-state index contributed by atoms with van der Waals surface area (Å²) >= 11 is 7.64. The minimum absolute atomic E-state index is 0.116. The highest BCUT2D eigenvalue weighted by molar-refractivity contribution is 7.22. The summed E-state index contributed by atoms with van der Waals surface area (Å²) < 4.78 is 16.9. The molecule has 1 aromatic heterocycles. The molecule has 0 radical (unpaired) electrons. The number of fused-ring (bicyclic) bond motifs is 1. The Morgan fingerprint density at radius 3 is 2.34 bits per heavy atom. The van der Waals surface area contributed by atoms with E-state index in [0.717, 1.165) is 10.3 Å². The van der Waals surface area contributed by atoms with Crippen LogP contribution in [0.1, 0.15) is 22.7 Å². The number of aryl methyl sites for hydroxylation is 1. The molecule has 1 saturated heterocycles. The molecule has 1 fully saturated rings. The van der Waals surface area contributed by atoms with E-state index in [0.29, 0.717) is 27.7 Å². The summed E-state index contributed by atoms with van der Waals surface area (Å²) in [7, 11) is 4.42. The topological polar surface area (TPSA) is 98.2 Å². The lowest BCUT2D eigenvalue weighted by Gasteiger charge is -2.23. The zero-order valence-electron chi connectivity index (χ0n) is 20.9. The Bertz CT molecular complexity index is 1610. The van der Waals surface area contributed by atoms with Crippen LogP contribution in [0, 0.1) is 6.92 Å². The van der Waals surface area contributed by atoms with E-state index < -0.39 is 23.5 Å². The summed E-state index contributed by atoms with van der Waals surface area (Å²) in [4.78, 5) is 33.0. The number of carbonyl (C=O) groups excluding carboxylic acids is 2. The number of ether oxygens (including phenoxy) is 3. The molecule has 194 valence electrons. The predicted molar refractivity (Wildman–Crippen MR) is 147 cm³/mol. The molecule has 0 spiro atoms. The number of Topliss-reactive ketones (excluding diaryl/α,β-unsaturated/α-hetero) is 1. The van der Waals surface area contributed by atoms with Crippen LogP contribution in [0.25, 0.3) is 16.0 Å². The quantitative estimate of drug-likeness (QED) is 0.181. The molecule has 10 heteroatoms. The lowest BCUT2D eigenvalue weighted by atomic mass is 9.95. The van der Waals surface area contributed by atoms with Crippen LogP contribution in [0.15, 0.2) is 60.2 Å². The molecule has 0 aliphatic carbocycles. The molecule has 1 atom stereocenters. The van der Waals surface area contributed by atoms with Crippen molar-refractivity contribution in [2.45, 2.75) is 13.0 Å². The number of carbonyl (C=O) groups is 2. The number of anilines is 1. The van der Waals surface area contributed by atoms with Gasteiger partial charge in [-0.25, -0.2) is 4.98 Å². The van der Waals surface area contributed by atoms with Gasteiger partial charge in [-0.2, -0.15) is 0 Å². The van der Waals surface area contributed by atoms with Crippen LogP contribution in [-0.2, 0) is 9.59 Å². The third kappa shape index (κ3) is 4.23. The molecular formula is C28H23ClN2O6S. The number of aliphatic hydroxyl groups is 1. The minimum Gasteiger partial charge on any atom is -0.507 e. The highest BCUT2D eigenvalue weighted by Crippen LogP contribution is 2.46. The van der Waals surface area contributed by atoms with Gasteiger partial charge in [0.2, 0.25) is 0 Å². The number of nitrogens with zero attached hydrogens (tertiary/aromatic N) is 2. The summed E-state index contributed by atoms with van der Waals surface area (Å²) in [6.07, 6.45) is 0. The molecule has 0 saturated carbocycles. The van der Waals surface area contributed by atoms with Crippen LogP contribution in [0.2, 0.25) is 5.02 Å². The molecule has 8 nitrogen and oxygen atoms in total. The third-order valence-electron chi connectivity index (χ3n) is 6.34. The average Bonchev–Trinajstić information content (AvgIpc) is 3.45. The molecule has 1 N–H and O–H groups in total. The number of hydrogen-bond donors (Lipinski definition) is 1. The minimum atomic E-state index is -0.965. The molecule has 1 aliphatic rings. The molecule has 4 aromatic rings. The van der Waals surface area contributed by atoms with Crippen LogP contribution < -0.4 is 19.1 Å². The molecule has 2 heterocycles. The second-order valence-corrected chi connectivity index (χ2v) is 10.0. The van der Waals surface area contributed by atoms with Gasteiger partial charge in [0.15, 0.2) is 5.13 Å². The van der Waals surface area contributed by atoms with Gasteiger partial charge in [0.1, 0.15) is 23.0 Å². The van der Waals surface area contributed by atoms with Gasteiger partial charge in [-0.1, -0.05) is 41.1 Å². The zero-order chi connectivity index (χ0) is 27.1. The Morgan fingerprint density at radius 2 is 1.68 bits per heavy atom. The molecule has 1 amide bonds. The number of rotatable bonds is 6. The van der Waals surface area contributed by atoms with Crippen molar-refractivity contribution in [2.24, 2.45) is 0 Å². The first-order chi connectivity index (χ1) is 18.3. The van der Waals surface area contributed by atoms with Gasteiger partial charge in [-0.05, 0) is 48.4 Å². The molecule has 1 aliphatic heterocycles. The SMILES string of the molecule is COc1ccc(C2/C(=C(\O)c3cc(Cl)c(OC)cc3OC)C(=O)C(=O)N2c2nc3ccc(C)cc3s2)cc1. The second-order valence-electron chi connectivity index (χ2n) is 8.60. The van der Waals surface area contributed by atoms with Crippen molar-refractivity contribution in [3.63, 3.8) is 0 Å². The largest absolute Gasteiger partial charge is 0.507 e. The average molecular weight is 551 g/mol. The first-order valence-corrected chi connectivity index (χ1v) is 12.7. The number of aliphatic hydroxyl groups excluding tert-OH is 1. The van der Waals surface area contributed by atoms with Crippen LogP contribution in [0.4, 0.5) is 5.13 Å². The summed E-state index contributed by atoms with van der Waals surface area (Å²) in [5.41, 5.74) is 2.37. The zero-order valence-corrected chi connectivity index (χ0v) is 22.5. The van der Waals surface area contributed by atoms with E-state index >= 15 is 0 Å². The summed E-state index contributed by atoms with van der Waals surface area (Å²) in [5, 5.41) is 12.1. The number of ketones is 1. The number of amides is 1. The number of thiazole rings is 1. The van der Waals surface area contributed by atoms with Crippen molar-refractivity contribution in [1.29, 1.82) is 0 Å². The van der Waals surface area contributed by atoms with Crippen molar-refractivity contribution in [1.82, 2.24) is 4.98 Å². The van der Waals surface area contributed by atoms with Crippen molar-refractivity contribution >= 4 is 55.7 Å². The molecule has 5 rings (SSSR count). The van der Waals surface area contributed by atoms with Crippen LogP contribution in [-0.4, -0.2) is 43.1 Å². The van der Waals surface area contributed by atoms with Gasteiger partial charge in [-0.15, -0.1) is 0 Å². The Kier molecular flexibility index (Phi) is 6.73. The first-order valence-electron chi connectivity index (χ1n) is 11.5. The van der Waals surface area contributed by atoms with Crippen molar-refractivity contribution in [2.75, 3.05) is 26.2 Å². The third-order valence-corrected chi connectivity index (χ3v) is 7.66. The smallest absolute Gasteiger partial charge is 0.301 e. The van der Waals surface area contributed by atoms with Gasteiger partial charge >= 0.3 is 5.91 Å². The van der Waals surface area contributed by atoms with Crippen molar-refractivity contribution in [3.05, 3.63) is 81.9 Å². The van der Waals surface area contributed by atoms with E-state index in [1.807, 2.05) is 25.1 Å². The molecule has 3 aromatic carbocycles. The van der Waals surface area contributed by atoms with E-state index in [4.69, 9.17) is 25.8 Å². The maximum Gasteiger partial charge on any atom is 0.301 e. The second kappa shape index (κ2) is 10.00. The summed E-state index contributed by atoms with van der Waals surface area (Å²) in [6.45, 7) is 1.97. The van der Waals surface area contributed by atoms with Gasteiger partial charge in [-0.3, -0.25) is 14.5 Å². The van der Waals surface area contributed by atoms with E-state index in [2.05, 4.69) is 4.98 Å². The lowest BCUT2D eigenvalue weighted by molar-refractivity contribution is -0.132. The summed E-state index contributed by atoms with van der Waals surface area (Å²) in [5.74, 6) is -0.930. The lowest BCUT2D eigenvalue weighted by Crippen LogP contribution is -2.29. The molecule has 1 unspecified atom stereocenters.